The predicted molar refractivity (Wildman–Crippen MR) is 63.6 cm³/mol. The molecule has 1 aliphatic rings. The summed E-state index contributed by atoms with van der Waals surface area (Å²) in [6.07, 6.45) is 0.843. The average molecular weight is 273 g/mol. The van der Waals surface area contributed by atoms with Gasteiger partial charge in [0.05, 0.1) is 18.4 Å². The highest BCUT2D eigenvalue weighted by molar-refractivity contribution is 7.92. The molecule has 5 nitrogen and oxygen atoms in total. The van der Waals surface area contributed by atoms with Crippen LogP contribution >= 0.6 is 0 Å². The molecule has 0 saturated carbocycles. The number of fused-ring (bicyclic) bond motifs is 1. The summed E-state index contributed by atoms with van der Waals surface area (Å²) in [5.41, 5.74) is 0.799. The van der Waals surface area contributed by atoms with Crippen LogP contribution in [0.2, 0.25) is 0 Å². The number of carboxylic acids is 1. The Morgan fingerprint density at radius 2 is 2.22 bits per heavy atom. The fourth-order valence-electron chi connectivity index (χ4n) is 2.17. The van der Waals surface area contributed by atoms with Crippen LogP contribution in [0.5, 0.6) is 0 Å². The second kappa shape index (κ2) is 4.24. The van der Waals surface area contributed by atoms with Gasteiger partial charge in [-0.2, -0.15) is 0 Å². The van der Waals surface area contributed by atoms with Crippen LogP contribution in [0.4, 0.5) is 10.1 Å². The maximum atomic E-state index is 13.2. The van der Waals surface area contributed by atoms with Gasteiger partial charge in [-0.3, -0.25) is 9.10 Å². The van der Waals surface area contributed by atoms with Gasteiger partial charge < -0.3 is 5.11 Å². The molecule has 1 unspecified atom stereocenters. The monoisotopic (exact) mass is 273 g/mol. The van der Waals surface area contributed by atoms with E-state index in [-0.39, 0.29) is 18.7 Å². The Balaban J connectivity index is 2.48. The summed E-state index contributed by atoms with van der Waals surface area (Å²) in [5.74, 6) is -1.99. The zero-order chi connectivity index (χ0) is 13.5. The minimum Gasteiger partial charge on any atom is -0.481 e. The summed E-state index contributed by atoms with van der Waals surface area (Å²) in [5, 5.41) is 8.80. The molecule has 7 heteroatoms. The van der Waals surface area contributed by atoms with Gasteiger partial charge in [-0.05, 0) is 17.7 Å². The van der Waals surface area contributed by atoms with E-state index in [0.717, 1.165) is 16.6 Å². The normalized spacial score (nSPS) is 18.8. The number of sulfonamides is 1. The van der Waals surface area contributed by atoms with Gasteiger partial charge in [-0.1, -0.05) is 6.07 Å². The maximum Gasteiger partial charge on any atom is 0.304 e. The highest BCUT2D eigenvalue weighted by Crippen LogP contribution is 2.39. The van der Waals surface area contributed by atoms with Gasteiger partial charge in [-0.15, -0.1) is 0 Å². The lowest BCUT2D eigenvalue weighted by Crippen LogP contribution is -2.29. The summed E-state index contributed by atoms with van der Waals surface area (Å²) in [6, 6.07) is 3.78. The highest BCUT2D eigenvalue weighted by atomic mass is 32.2. The van der Waals surface area contributed by atoms with E-state index in [1.54, 1.807) is 0 Å². The van der Waals surface area contributed by atoms with E-state index in [9.17, 15) is 17.6 Å². The van der Waals surface area contributed by atoms with Crippen LogP contribution < -0.4 is 4.31 Å². The molecule has 1 atom stereocenters. The van der Waals surface area contributed by atoms with Crippen LogP contribution in [0.15, 0.2) is 18.2 Å². The standard InChI is InChI=1S/C11H12FNO4S/c1-18(16,17)13-6-7(4-11(14)15)9-3-2-8(12)5-10(9)13/h2-3,5,7H,4,6H2,1H3,(H,14,15). The van der Waals surface area contributed by atoms with Crippen LogP contribution in [0, 0.1) is 5.82 Å². The molecule has 0 bridgehead atoms. The number of benzene rings is 1. The number of hydrogen-bond donors (Lipinski definition) is 1. The fourth-order valence-corrected chi connectivity index (χ4v) is 3.14. The van der Waals surface area contributed by atoms with Crippen LogP contribution in [-0.2, 0) is 14.8 Å². The van der Waals surface area contributed by atoms with Crippen molar-refractivity contribution in [3.05, 3.63) is 29.6 Å². The largest absolute Gasteiger partial charge is 0.481 e. The average Bonchev–Trinajstić information content (AvgIpc) is 2.55. The van der Waals surface area contributed by atoms with Crippen molar-refractivity contribution < 1.29 is 22.7 Å². The van der Waals surface area contributed by atoms with Gasteiger partial charge in [0, 0.05) is 12.5 Å². The van der Waals surface area contributed by atoms with E-state index in [1.807, 2.05) is 0 Å². The summed E-state index contributed by atoms with van der Waals surface area (Å²) < 4.78 is 37.4. The molecule has 0 spiro atoms. The molecule has 0 radical (unpaired) electrons. The Kier molecular flexibility index (Phi) is 3.02. The van der Waals surface area contributed by atoms with Gasteiger partial charge >= 0.3 is 5.97 Å². The molecule has 98 valence electrons. The van der Waals surface area contributed by atoms with E-state index in [2.05, 4.69) is 0 Å². The van der Waals surface area contributed by atoms with Crippen molar-refractivity contribution in [1.29, 1.82) is 0 Å². The van der Waals surface area contributed by atoms with Crippen molar-refractivity contribution >= 4 is 21.7 Å². The molecule has 1 aliphatic heterocycles. The summed E-state index contributed by atoms with van der Waals surface area (Å²) in [4.78, 5) is 10.7. The van der Waals surface area contributed by atoms with Gasteiger partial charge in [0.2, 0.25) is 10.0 Å². The first-order valence-corrected chi connectivity index (χ1v) is 7.13. The molecule has 18 heavy (non-hydrogen) atoms. The molecular weight excluding hydrogens is 261 g/mol. The summed E-state index contributed by atoms with van der Waals surface area (Å²) >= 11 is 0. The van der Waals surface area contributed by atoms with Crippen molar-refractivity contribution in [3.63, 3.8) is 0 Å². The molecule has 1 aromatic carbocycles. The van der Waals surface area contributed by atoms with Gasteiger partial charge in [0.25, 0.3) is 0 Å². The van der Waals surface area contributed by atoms with Crippen molar-refractivity contribution in [2.24, 2.45) is 0 Å². The van der Waals surface area contributed by atoms with Crippen LogP contribution in [0.1, 0.15) is 17.9 Å². The number of carbonyl (C=O) groups is 1. The van der Waals surface area contributed by atoms with E-state index in [0.29, 0.717) is 5.56 Å². The number of anilines is 1. The van der Waals surface area contributed by atoms with Crippen molar-refractivity contribution in [2.75, 3.05) is 17.1 Å². The lowest BCUT2D eigenvalue weighted by atomic mass is 9.98. The highest BCUT2D eigenvalue weighted by Gasteiger charge is 2.34. The quantitative estimate of drug-likeness (QED) is 0.897. The van der Waals surface area contributed by atoms with Crippen LogP contribution in [-0.4, -0.2) is 32.3 Å². The topological polar surface area (TPSA) is 74.7 Å². The van der Waals surface area contributed by atoms with Gasteiger partial charge in [-0.25, -0.2) is 12.8 Å². The first kappa shape index (κ1) is 12.8. The first-order valence-electron chi connectivity index (χ1n) is 5.28. The van der Waals surface area contributed by atoms with Crippen LogP contribution in [0.3, 0.4) is 0 Å². The number of nitrogens with zero attached hydrogens (tertiary/aromatic N) is 1. The molecule has 1 aromatic rings. The molecule has 1 heterocycles. The molecular formula is C11H12FNO4S. The van der Waals surface area contributed by atoms with Gasteiger partial charge in [0.15, 0.2) is 0 Å². The van der Waals surface area contributed by atoms with Crippen molar-refractivity contribution in [1.82, 2.24) is 0 Å². The Morgan fingerprint density at radius 3 is 2.78 bits per heavy atom. The van der Waals surface area contributed by atoms with E-state index >= 15 is 0 Å². The molecule has 0 saturated heterocycles. The fraction of sp³-hybridized carbons (Fsp3) is 0.364. The molecule has 0 aliphatic carbocycles. The zero-order valence-electron chi connectivity index (χ0n) is 9.63. The number of carboxylic acid groups (broad SMARTS) is 1. The Morgan fingerprint density at radius 1 is 1.56 bits per heavy atom. The summed E-state index contributed by atoms with van der Waals surface area (Å²) in [7, 11) is -3.53. The third-order valence-electron chi connectivity index (χ3n) is 2.91. The lowest BCUT2D eigenvalue weighted by Gasteiger charge is -2.16. The predicted octanol–water partition coefficient (Wildman–Crippen LogP) is 1.16. The zero-order valence-corrected chi connectivity index (χ0v) is 10.4. The molecule has 2 rings (SSSR count). The minimum atomic E-state index is -3.53. The van der Waals surface area contributed by atoms with E-state index in [4.69, 9.17) is 5.11 Å². The Bertz CT molecular complexity index is 599. The number of aliphatic carboxylic acids is 1. The Hall–Kier alpha value is -1.63. The number of halogens is 1. The van der Waals surface area contributed by atoms with Crippen molar-refractivity contribution in [2.45, 2.75) is 12.3 Å². The van der Waals surface area contributed by atoms with Gasteiger partial charge in [0.1, 0.15) is 5.82 Å². The Labute approximate surface area is 104 Å². The lowest BCUT2D eigenvalue weighted by molar-refractivity contribution is -0.137. The maximum absolute atomic E-state index is 13.2. The molecule has 0 amide bonds. The van der Waals surface area contributed by atoms with E-state index < -0.39 is 27.7 Å². The van der Waals surface area contributed by atoms with E-state index in [1.165, 1.54) is 12.1 Å². The smallest absolute Gasteiger partial charge is 0.304 e. The SMILES string of the molecule is CS(=O)(=O)N1CC(CC(=O)O)c2ccc(F)cc21. The molecule has 0 fully saturated rings. The second-order valence-corrected chi connectivity index (χ2v) is 6.20. The third-order valence-corrected chi connectivity index (χ3v) is 4.05. The molecule has 0 aromatic heterocycles. The molecule has 1 N–H and O–H groups in total. The van der Waals surface area contributed by atoms with Crippen molar-refractivity contribution in [3.8, 4) is 0 Å². The second-order valence-electron chi connectivity index (χ2n) is 4.29. The number of hydrogen-bond acceptors (Lipinski definition) is 3. The minimum absolute atomic E-state index is 0.0456. The number of rotatable bonds is 3. The third kappa shape index (κ3) is 2.31. The first-order chi connectivity index (χ1) is 8.29. The van der Waals surface area contributed by atoms with Crippen LogP contribution in [0.25, 0.3) is 0 Å². The summed E-state index contributed by atoms with van der Waals surface area (Å²) in [6.45, 7) is 0.0456.